The van der Waals surface area contributed by atoms with Crippen molar-refractivity contribution in [1.29, 1.82) is 0 Å². The van der Waals surface area contributed by atoms with Gasteiger partial charge in [0.15, 0.2) is 0 Å². The zero-order chi connectivity index (χ0) is 16.9. The Kier molecular flexibility index (Phi) is 9.64. The fourth-order valence-electron chi connectivity index (χ4n) is 3.59. The molecule has 5 nitrogen and oxygen atoms in total. The smallest absolute Gasteiger partial charge is 0.236 e. The molecule has 1 atom stereocenters. The van der Waals surface area contributed by atoms with E-state index in [2.05, 4.69) is 15.1 Å². The molecule has 1 unspecified atom stereocenters. The number of amides is 1. The normalized spacial score (nSPS) is 20.9. The van der Waals surface area contributed by atoms with E-state index in [4.69, 9.17) is 0 Å². The van der Waals surface area contributed by atoms with E-state index < -0.39 is 0 Å². The molecule has 2 heterocycles. The van der Waals surface area contributed by atoms with Gasteiger partial charge in [-0.3, -0.25) is 9.69 Å². The fraction of sp³-hybridized carbons (Fsp3) is 0.611. The van der Waals surface area contributed by atoms with Gasteiger partial charge in [-0.1, -0.05) is 0 Å². The molecule has 2 saturated heterocycles. The summed E-state index contributed by atoms with van der Waals surface area (Å²) in [4.78, 5) is 19.0. The molecule has 8 heteroatoms. The third-order valence-electron chi connectivity index (χ3n) is 5.10. The van der Waals surface area contributed by atoms with Gasteiger partial charge in [-0.2, -0.15) is 0 Å². The molecule has 148 valence electrons. The van der Waals surface area contributed by atoms with E-state index in [1.807, 2.05) is 11.9 Å². The van der Waals surface area contributed by atoms with E-state index in [1.54, 1.807) is 12.1 Å². The lowest BCUT2D eigenvalue weighted by Crippen LogP contribution is -2.53. The highest BCUT2D eigenvalue weighted by molar-refractivity contribution is 5.85. The summed E-state index contributed by atoms with van der Waals surface area (Å²) in [6.07, 6.45) is 2.34. The number of likely N-dealkylation sites (N-methyl/N-ethyl adjacent to an activating group) is 1. The number of likely N-dealkylation sites (tertiary alicyclic amines) is 1. The van der Waals surface area contributed by atoms with Crippen LogP contribution in [0.5, 0.6) is 0 Å². The third-order valence-corrected chi connectivity index (χ3v) is 5.10. The van der Waals surface area contributed by atoms with Crippen molar-refractivity contribution in [3.8, 4) is 0 Å². The number of rotatable bonds is 4. The largest absolute Gasteiger partial charge is 0.368 e. The molecule has 0 spiro atoms. The maximum absolute atomic E-state index is 13.0. The predicted molar refractivity (Wildman–Crippen MR) is 108 cm³/mol. The van der Waals surface area contributed by atoms with Crippen molar-refractivity contribution >= 4 is 36.4 Å². The summed E-state index contributed by atoms with van der Waals surface area (Å²) in [5.41, 5.74) is 1.02. The van der Waals surface area contributed by atoms with Crippen LogP contribution >= 0.6 is 24.8 Å². The average molecular weight is 407 g/mol. The number of hydrogen-bond acceptors (Lipinski definition) is 4. The molecule has 1 N–H and O–H groups in total. The number of anilines is 1. The number of carbonyl (C=O) groups excluding carboxylic acids is 1. The molecule has 0 bridgehead atoms. The molecule has 26 heavy (non-hydrogen) atoms. The first-order chi connectivity index (χ1) is 11.7. The van der Waals surface area contributed by atoms with Crippen molar-refractivity contribution in [3.63, 3.8) is 0 Å². The van der Waals surface area contributed by atoms with Gasteiger partial charge in [-0.05, 0) is 50.7 Å². The number of carbonyl (C=O) groups is 1. The van der Waals surface area contributed by atoms with Crippen molar-refractivity contribution in [2.75, 3.05) is 57.8 Å². The second kappa shape index (κ2) is 10.9. The van der Waals surface area contributed by atoms with Crippen LogP contribution < -0.4 is 10.2 Å². The van der Waals surface area contributed by atoms with Crippen molar-refractivity contribution in [1.82, 2.24) is 15.1 Å². The molecule has 3 rings (SSSR count). The highest BCUT2D eigenvalue weighted by Crippen LogP contribution is 2.17. The summed E-state index contributed by atoms with van der Waals surface area (Å²) in [6, 6.07) is 7.08. The standard InChI is InChI=1S/C18H27FN4O.2ClH/c1-20-16-3-2-8-21(13-16)14-18(24)23-11-9-22(10-12-23)17-6-4-15(19)5-7-17;;/h4-7,16,20H,2-3,8-14H2,1H3;2*1H. The monoisotopic (exact) mass is 406 g/mol. The van der Waals surface area contributed by atoms with Gasteiger partial charge in [0.05, 0.1) is 6.54 Å². The second-order valence-corrected chi connectivity index (χ2v) is 6.71. The summed E-state index contributed by atoms with van der Waals surface area (Å²) in [5.74, 6) is 0.0134. The average Bonchev–Trinajstić information content (AvgIpc) is 2.62. The SMILES string of the molecule is CNC1CCCN(CC(=O)N2CCN(c3ccc(F)cc3)CC2)C1.Cl.Cl. The van der Waals surface area contributed by atoms with Crippen LogP contribution in [0.2, 0.25) is 0 Å². The van der Waals surface area contributed by atoms with Gasteiger partial charge in [0, 0.05) is 44.5 Å². The first kappa shape index (κ1) is 23.0. The van der Waals surface area contributed by atoms with Gasteiger partial charge in [-0.25, -0.2) is 4.39 Å². The topological polar surface area (TPSA) is 38.8 Å². The van der Waals surface area contributed by atoms with Crippen LogP contribution in [0.15, 0.2) is 24.3 Å². The van der Waals surface area contributed by atoms with Crippen LogP contribution in [0.4, 0.5) is 10.1 Å². The Morgan fingerprint density at radius 3 is 2.38 bits per heavy atom. The Labute approximate surface area is 167 Å². The Morgan fingerprint density at radius 2 is 1.77 bits per heavy atom. The zero-order valence-electron chi connectivity index (χ0n) is 15.2. The van der Waals surface area contributed by atoms with Crippen molar-refractivity contribution in [3.05, 3.63) is 30.1 Å². The minimum atomic E-state index is -0.214. The van der Waals surface area contributed by atoms with Crippen LogP contribution in [-0.2, 0) is 4.79 Å². The fourth-order valence-corrected chi connectivity index (χ4v) is 3.59. The molecular formula is C18H29Cl2FN4O. The minimum absolute atomic E-state index is 0. The van der Waals surface area contributed by atoms with E-state index in [0.717, 1.165) is 51.4 Å². The number of hydrogen-bond donors (Lipinski definition) is 1. The Hall–Kier alpha value is -1.08. The number of nitrogens with one attached hydrogen (secondary N) is 1. The minimum Gasteiger partial charge on any atom is -0.368 e. The Balaban J connectivity index is 0.00000169. The summed E-state index contributed by atoms with van der Waals surface area (Å²) < 4.78 is 13.0. The molecule has 2 fully saturated rings. The van der Waals surface area contributed by atoms with Crippen molar-refractivity contribution in [2.24, 2.45) is 0 Å². The van der Waals surface area contributed by atoms with Crippen LogP contribution in [0.25, 0.3) is 0 Å². The summed E-state index contributed by atoms with van der Waals surface area (Å²) in [7, 11) is 1.99. The van der Waals surface area contributed by atoms with Gasteiger partial charge in [-0.15, -0.1) is 24.8 Å². The van der Waals surface area contributed by atoms with E-state index in [1.165, 1.54) is 18.6 Å². The molecule has 1 aromatic rings. The molecular weight excluding hydrogens is 378 g/mol. The van der Waals surface area contributed by atoms with Gasteiger partial charge < -0.3 is 15.1 Å². The summed E-state index contributed by atoms with van der Waals surface area (Å²) in [5, 5.41) is 3.31. The number of nitrogens with zero attached hydrogens (tertiary/aromatic N) is 3. The molecule has 2 aliphatic heterocycles. The lowest BCUT2D eigenvalue weighted by Gasteiger charge is -2.38. The summed E-state index contributed by atoms with van der Waals surface area (Å²) >= 11 is 0. The maximum atomic E-state index is 13.0. The quantitative estimate of drug-likeness (QED) is 0.829. The van der Waals surface area contributed by atoms with Crippen LogP contribution in [0.1, 0.15) is 12.8 Å². The highest BCUT2D eigenvalue weighted by Gasteiger charge is 2.25. The second-order valence-electron chi connectivity index (χ2n) is 6.71. The van der Waals surface area contributed by atoms with Crippen LogP contribution in [-0.4, -0.2) is 74.6 Å². The third kappa shape index (κ3) is 5.98. The molecule has 2 aliphatic rings. The Bertz CT molecular complexity index is 553. The lowest BCUT2D eigenvalue weighted by molar-refractivity contribution is -0.133. The summed E-state index contributed by atoms with van der Waals surface area (Å²) in [6.45, 7) is 5.57. The molecule has 0 aromatic heterocycles. The maximum Gasteiger partial charge on any atom is 0.236 e. The number of piperidine rings is 1. The van der Waals surface area contributed by atoms with Gasteiger partial charge in [0.2, 0.25) is 5.91 Å². The number of piperazine rings is 1. The predicted octanol–water partition coefficient (Wildman–Crippen LogP) is 2.00. The molecule has 0 aliphatic carbocycles. The first-order valence-corrected chi connectivity index (χ1v) is 8.83. The van der Waals surface area contributed by atoms with E-state index in [9.17, 15) is 9.18 Å². The molecule has 1 amide bonds. The molecule has 0 saturated carbocycles. The number of benzene rings is 1. The van der Waals surface area contributed by atoms with Crippen LogP contribution in [0, 0.1) is 5.82 Å². The van der Waals surface area contributed by atoms with E-state index >= 15 is 0 Å². The molecule has 1 aromatic carbocycles. The van der Waals surface area contributed by atoms with Gasteiger partial charge in [0.1, 0.15) is 5.82 Å². The van der Waals surface area contributed by atoms with E-state index in [-0.39, 0.29) is 36.5 Å². The van der Waals surface area contributed by atoms with E-state index in [0.29, 0.717) is 12.6 Å². The number of halogens is 3. The van der Waals surface area contributed by atoms with Crippen molar-refractivity contribution < 1.29 is 9.18 Å². The van der Waals surface area contributed by atoms with Gasteiger partial charge >= 0.3 is 0 Å². The van der Waals surface area contributed by atoms with Crippen molar-refractivity contribution in [2.45, 2.75) is 18.9 Å². The first-order valence-electron chi connectivity index (χ1n) is 8.83. The molecule has 0 radical (unpaired) electrons. The highest BCUT2D eigenvalue weighted by atomic mass is 35.5. The van der Waals surface area contributed by atoms with Gasteiger partial charge in [0.25, 0.3) is 0 Å². The van der Waals surface area contributed by atoms with Crippen LogP contribution in [0.3, 0.4) is 0 Å². The lowest BCUT2D eigenvalue weighted by atomic mass is 10.1. The zero-order valence-corrected chi connectivity index (χ0v) is 16.8. The Morgan fingerprint density at radius 1 is 1.12 bits per heavy atom.